The quantitative estimate of drug-likeness (QED) is 0.133. The molecule has 1 saturated heterocycles. The number of nitrogens with zero attached hydrogens (tertiary/aromatic N) is 3. The lowest BCUT2D eigenvalue weighted by Crippen LogP contribution is -2.29. The van der Waals surface area contributed by atoms with Gasteiger partial charge in [0, 0.05) is 29.6 Å². The highest BCUT2D eigenvalue weighted by Gasteiger charge is 2.42. The average Bonchev–Trinajstić information content (AvgIpc) is 3.59. The molecule has 0 bridgehead atoms. The number of non-ortho nitro benzene ring substituents is 1. The molecule has 2 aromatic heterocycles. The Hall–Kier alpha value is -5.02. The van der Waals surface area contributed by atoms with Crippen LogP contribution in [0, 0.1) is 10.1 Å². The third-order valence-electron chi connectivity index (χ3n) is 6.45. The van der Waals surface area contributed by atoms with Crippen LogP contribution in [-0.2, 0) is 0 Å². The monoisotopic (exact) mass is 534 g/mol. The number of benzene rings is 3. The van der Waals surface area contributed by atoms with Crippen LogP contribution in [0.1, 0.15) is 23.5 Å². The van der Waals surface area contributed by atoms with Gasteiger partial charge in [0.2, 0.25) is 0 Å². The Morgan fingerprint density at radius 2 is 1.67 bits per heavy atom. The molecule has 39 heavy (non-hydrogen) atoms. The summed E-state index contributed by atoms with van der Waals surface area (Å²) in [5.74, 6) is 2.62. The van der Waals surface area contributed by atoms with E-state index in [1.54, 1.807) is 18.3 Å². The van der Waals surface area contributed by atoms with E-state index in [0.29, 0.717) is 27.9 Å². The van der Waals surface area contributed by atoms with E-state index in [-0.39, 0.29) is 17.8 Å². The SMILES string of the molecule is O=[N+]([O-])c1cccc(-c2ccc([C@@H]3[C@H](c4ccccn4)NC(=S)N3c3ccc(Oc4ccccc4)cc3)o2)c1. The summed E-state index contributed by atoms with van der Waals surface area (Å²) in [5, 5.41) is 15.2. The second-order valence-corrected chi connectivity index (χ2v) is 9.30. The van der Waals surface area contributed by atoms with Crippen LogP contribution in [0.2, 0.25) is 0 Å². The predicted octanol–water partition coefficient (Wildman–Crippen LogP) is 7.22. The van der Waals surface area contributed by atoms with E-state index in [1.807, 2.05) is 89.8 Å². The van der Waals surface area contributed by atoms with E-state index in [0.717, 1.165) is 17.1 Å². The Labute approximate surface area is 229 Å². The van der Waals surface area contributed by atoms with E-state index in [4.69, 9.17) is 21.4 Å². The molecule has 0 spiro atoms. The zero-order valence-electron chi connectivity index (χ0n) is 20.5. The van der Waals surface area contributed by atoms with Crippen LogP contribution < -0.4 is 15.0 Å². The molecule has 2 atom stereocenters. The van der Waals surface area contributed by atoms with E-state index < -0.39 is 4.92 Å². The maximum Gasteiger partial charge on any atom is 0.270 e. The van der Waals surface area contributed by atoms with Crippen LogP contribution in [0.4, 0.5) is 11.4 Å². The van der Waals surface area contributed by atoms with Crippen molar-refractivity contribution in [3.05, 3.63) is 137 Å². The Morgan fingerprint density at radius 1 is 0.897 bits per heavy atom. The number of nitrogens with one attached hydrogen (secondary N) is 1. The number of ether oxygens (including phenoxy) is 1. The van der Waals surface area contributed by atoms with E-state index in [9.17, 15) is 10.1 Å². The first kappa shape index (κ1) is 24.3. The molecule has 3 aromatic carbocycles. The van der Waals surface area contributed by atoms with E-state index in [1.165, 1.54) is 12.1 Å². The van der Waals surface area contributed by atoms with Crippen LogP contribution in [0.15, 0.2) is 120 Å². The van der Waals surface area contributed by atoms with E-state index >= 15 is 0 Å². The highest BCUT2D eigenvalue weighted by Crippen LogP contribution is 2.43. The van der Waals surface area contributed by atoms with Crippen LogP contribution in [0.25, 0.3) is 11.3 Å². The van der Waals surface area contributed by atoms with Crippen molar-refractivity contribution in [3.63, 3.8) is 0 Å². The van der Waals surface area contributed by atoms with Crippen molar-refractivity contribution < 1.29 is 14.1 Å². The lowest BCUT2D eigenvalue weighted by atomic mass is 10.0. The Bertz CT molecular complexity index is 1620. The van der Waals surface area contributed by atoms with Gasteiger partial charge in [0.05, 0.1) is 16.7 Å². The smallest absolute Gasteiger partial charge is 0.270 e. The molecule has 1 aliphatic heterocycles. The van der Waals surface area contributed by atoms with Gasteiger partial charge in [-0.25, -0.2) is 0 Å². The minimum atomic E-state index is -0.420. The second kappa shape index (κ2) is 10.4. The van der Waals surface area contributed by atoms with Gasteiger partial charge in [-0.05, 0) is 72.9 Å². The third kappa shape index (κ3) is 4.95. The topological polar surface area (TPSA) is 93.7 Å². The minimum absolute atomic E-state index is 0.0000362. The number of furan rings is 1. The van der Waals surface area contributed by atoms with Gasteiger partial charge < -0.3 is 19.4 Å². The summed E-state index contributed by atoms with van der Waals surface area (Å²) in [5.41, 5.74) is 2.28. The van der Waals surface area contributed by atoms with Gasteiger partial charge in [0.25, 0.3) is 5.69 Å². The van der Waals surface area contributed by atoms with Gasteiger partial charge in [-0.2, -0.15) is 0 Å². The summed E-state index contributed by atoms with van der Waals surface area (Å²) in [6.07, 6.45) is 1.74. The van der Waals surface area contributed by atoms with Crippen molar-refractivity contribution >= 4 is 28.7 Å². The van der Waals surface area contributed by atoms with E-state index in [2.05, 4.69) is 10.3 Å². The fourth-order valence-corrected chi connectivity index (χ4v) is 5.01. The summed E-state index contributed by atoms with van der Waals surface area (Å²) in [6, 6.07) is 32.4. The molecular weight excluding hydrogens is 512 g/mol. The van der Waals surface area contributed by atoms with Crippen molar-refractivity contribution in [3.8, 4) is 22.8 Å². The summed E-state index contributed by atoms with van der Waals surface area (Å²) in [7, 11) is 0. The molecule has 192 valence electrons. The Morgan fingerprint density at radius 3 is 2.41 bits per heavy atom. The van der Waals surface area contributed by atoms with Crippen molar-refractivity contribution in [1.82, 2.24) is 10.3 Å². The van der Waals surface area contributed by atoms with Gasteiger partial charge in [-0.1, -0.05) is 36.4 Å². The fraction of sp³-hybridized carbons (Fsp3) is 0.0667. The van der Waals surface area contributed by atoms with Gasteiger partial charge in [-0.3, -0.25) is 15.1 Å². The zero-order valence-corrected chi connectivity index (χ0v) is 21.3. The first-order valence-electron chi connectivity index (χ1n) is 12.2. The number of pyridine rings is 1. The average molecular weight is 535 g/mol. The molecular formula is C30H22N4O4S. The van der Waals surface area contributed by atoms with Crippen LogP contribution in [0.5, 0.6) is 11.5 Å². The molecule has 5 aromatic rings. The van der Waals surface area contributed by atoms with Gasteiger partial charge in [-0.15, -0.1) is 0 Å². The van der Waals surface area contributed by atoms with Crippen molar-refractivity contribution in [1.29, 1.82) is 0 Å². The highest BCUT2D eigenvalue weighted by molar-refractivity contribution is 7.80. The molecule has 0 saturated carbocycles. The number of thiocarbonyl (C=S) groups is 1. The first-order valence-corrected chi connectivity index (χ1v) is 12.7. The number of aromatic nitrogens is 1. The van der Waals surface area contributed by atoms with Crippen LogP contribution in [-0.4, -0.2) is 15.0 Å². The standard InChI is InChI=1S/C30H22N4O4S/c35-34(36)22-8-6-7-20(19-22)26-16-17-27(38-26)29-28(25-11-4-5-18-31-25)32-30(39)33(29)21-12-14-24(15-13-21)37-23-9-2-1-3-10-23/h1-19,28-29H,(H,32,39)/t28-,29+/m0/s1. The van der Waals surface area contributed by atoms with Crippen molar-refractivity contribution in [2.75, 3.05) is 4.90 Å². The number of nitro groups is 1. The number of nitro benzene ring substituents is 1. The number of para-hydroxylation sites is 1. The second-order valence-electron chi connectivity index (χ2n) is 8.92. The number of hydrogen-bond donors (Lipinski definition) is 1. The molecule has 0 unspecified atom stereocenters. The maximum atomic E-state index is 11.3. The molecule has 0 amide bonds. The number of rotatable bonds is 7. The van der Waals surface area contributed by atoms with Gasteiger partial charge >= 0.3 is 0 Å². The largest absolute Gasteiger partial charge is 0.459 e. The number of hydrogen-bond acceptors (Lipinski definition) is 6. The normalized spacial score (nSPS) is 16.6. The summed E-state index contributed by atoms with van der Waals surface area (Å²) < 4.78 is 12.3. The first-order chi connectivity index (χ1) is 19.1. The lowest BCUT2D eigenvalue weighted by Gasteiger charge is -2.26. The van der Waals surface area contributed by atoms with Gasteiger partial charge in [0.1, 0.15) is 29.1 Å². The minimum Gasteiger partial charge on any atom is -0.459 e. The fourth-order valence-electron chi connectivity index (χ4n) is 4.66. The molecule has 1 fully saturated rings. The van der Waals surface area contributed by atoms with Crippen LogP contribution >= 0.6 is 12.2 Å². The predicted molar refractivity (Wildman–Crippen MR) is 152 cm³/mol. The third-order valence-corrected chi connectivity index (χ3v) is 6.77. The molecule has 0 radical (unpaired) electrons. The molecule has 9 heteroatoms. The molecule has 0 aliphatic carbocycles. The molecule has 6 rings (SSSR count). The molecule has 3 heterocycles. The van der Waals surface area contributed by atoms with Crippen LogP contribution in [0.3, 0.4) is 0 Å². The van der Waals surface area contributed by atoms with Crippen molar-refractivity contribution in [2.45, 2.75) is 12.1 Å². The summed E-state index contributed by atoms with van der Waals surface area (Å²) in [6.45, 7) is 0. The Balaban J connectivity index is 1.36. The van der Waals surface area contributed by atoms with Crippen molar-refractivity contribution in [2.24, 2.45) is 0 Å². The molecule has 1 aliphatic rings. The molecule has 1 N–H and O–H groups in total. The number of anilines is 1. The Kier molecular flexibility index (Phi) is 6.48. The zero-order chi connectivity index (χ0) is 26.8. The molecule has 8 nitrogen and oxygen atoms in total. The lowest BCUT2D eigenvalue weighted by molar-refractivity contribution is -0.384. The summed E-state index contributed by atoms with van der Waals surface area (Å²) in [4.78, 5) is 17.4. The van der Waals surface area contributed by atoms with Gasteiger partial charge in [0.15, 0.2) is 5.11 Å². The summed E-state index contributed by atoms with van der Waals surface area (Å²) >= 11 is 5.80. The highest BCUT2D eigenvalue weighted by atomic mass is 32.1. The maximum absolute atomic E-state index is 11.3.